The second kappa shape index (κ2) is 7.84. The number of anilines is 2. The van der Waals surface area contributed by atoms with Crippen molar-refractivity contribution in [1.29, 1.82) is 0 Å². The minimum atomic E-state index is -0.00643. The fourth-order valence-electron chi connectivity index (χ4n) is 3.72. The lowest BCUT2D eigenvalue weighted by Crippen LogP contribution is -2.48. The first-order valence-electron chi connectivity index (χ1n) is 9.43. The van der Waals surface area contributed by atoms with Crippen molar-refractivity contribution in [2.24, 2.45) is 0 Å². The zero-order valence-corrected chi connectivity index (χ0v) is 19.1. The van der Waals surface area contributed by atoms with E-state index >= 15 is 0 Å². The zero-order chi connectivity index (χ0) is 20.7. The highest BCUT2D eigenvalue weighted by Gasteiger charge is 2.27. The summed E-state index contributed by atoms with van der Waals surface area (Å²) in [7, 11) is 1.66. The Morgan fingerprint density at radius 2 is 1.83 bits per heavy atom. The lowest BCUT2D eigenvalue weighted by atomic mass is 10.1. The number of hydrogen-bond donors (Lipinski definition) is 1. The number of thiophene rings is 1. The fraction of sp³-hybridized carbons (Fsp3) is 0.333. The van der Waals surface area contributed by atoms with Gasteiger partial charge in [-0.1, -0.05) is 0 Å². The van der Waals surface area contributed by atoms with Gasteiger partial charge in [0.1, 0.15) is 15.5 Å². The third-order valence-electron chi connectivity index (χ3n) is 5.42. The molecule has 0 aliphatic carbocycles. The molecule has 0 radical (unpaired) electrons. The van der Waals surface area contributed by atoms with Crippen LogP contribution >= 0.6 is 27.3 Å². The zero-order valence-electron chi connectivity index (χ0n) is 16.7. The van der Waals surface area contributed by atoms with Crippen molar-refractivity contribution in [2.45, 2.75) is 13.8 Å². The number of nitrogen functional groups attached to an aromatic ring is 1. The molecule has 29 heavy (non-hydrogen) atoms. The number of carbonyl (C=O) groups excluding carboxylic acids is 1. The highest BCUT2D eigenvalue weighted by atomic mass is 79.9. The first kappa shape index (κ1) is 20.0. The number of aryl methyl sites for hydroxylation is 2. The molecule has 0 saturated carbocycles. The molecule has 1 amide bonds. The molecule has 1 aliphatic rings. The number of halogens is 1. The molecule has 1 saturated heterocycles. The minimum Gasteiger partial charge on any atom is -0.497 e. The summed E-state index contributed by atoms with van der Waals surface area (Å²) in [6.07, 6.45) is 0. The smallest absolute Gasteiger partial charge is 0.266 e. The van der Waals surface area contributed by atoms with E-state index < -0.39 is 0 Å². The molecule has 6 nitrogen and oxygen atoms in total. The fourth-order valence-corrected chi connectivity index (χ4v) is 5.17. The molecule has 1 fully saturated rings. The Morgan fingerprint density at radius 1 is 1.17 bits per heavy atom. The summed E-state index contributed by atoms with van der Waals surface area (Å²) < 4.78 is 6.17. The number of rotatable bonds is 3. The quantitative estimate of drug-likeness (QED) is 0.614. The minimum absolute atomic E-state index is 0.00643. The van der Waals surface area contributed by atoms with Gasteiger partial charge >= 0.3 is 0 Å². The molecule has 4 rings (SSSR count). The van der Waals surface area contributed by atoms with Crippen LogP contribution in [-0.4, -0.2) is 49.1 Å². The van der Waals surface area contributed by atoms with Crippen LogP contribution in [0, 0.1) is 13.8 Å². The molecule has 0 atom stereocenters. The third kappa shape index (κ3) is 3.55. The summed E-state index contributed by atoms with van der Waals surface area (Å²) in [5, 5.41) is 0.882. The maximum Gasteiger partial charge on any atom is 0.266 e. The number of ether oxygens (including phenoxy) is 1. The van der Waals surface area contributed by atoms with Crippen LogP contribution < -0.4 is 15.4 Å². The average molecular weight is 475 g/mol. The molecular weight excluding hydrogens is 452 g/mol. The monoisotopic (exact) mass is 474 g/mol. The predicted molar refractivity (Wildman–Crippen MR) is 122 cm³/mol. The Balaban J connectivity index is 1.52. The van der Waals surface area contributed by atoms with Gasteiger partial charge in [0.05, 0.1) is 18.5 Å². The molecule has 1 aliphatic heterocycles. The first-order valence-corrected chi connectivity index (χ1v) is 11.0. The average Bonchev–Trinajstić information content (AvgIpc) is 3.07. The van der Waals surface area contributed by atoms with Gasteiger partial charge in [0.25, 0.3) is 5.91 Å². The Morgan fingerprint density at radius 3 is 2.45 bits per heavy atom. The molecule has 0 unspecified atom stereocenters. The van der Waals surface area contributed by atoms with Crippen LogP contribution in [0.3, 0.4) is 0 Å². The number of amides is 1. The van der Waals surface area contributed by atoms with Gasteiger partial charge < -0.3 is 20.3 Å². The van der Waals surface area contributed by atoms with Crippen LogP contribution in [0.2, 0.25) is 0 Å². The maximum absolute atomic E-state index is 13.2. The van der Waals surface area contributed by atoms with Gasteiger partial charge in [-0.05, 0) is 59.6 Å². The standard InChI is InChI=1S/C21H23BrN4O2S/c1-12-16-18(23)19(29-20(16)24-13(2)17(12)22)21(27)26-10-8-25(9-11-26)14-4-6-15(28-3)7-5-14/h4-7H,8-11,23H2,1-3H3. The number of piperazine rings is 1. The summed E-state index contributed by atoms with van der Waals surface area (Å²) in [6.45, 7) is 6.84. The molecule has 3 aromatic rings. The number of hydrogen-bond acceptors (Lipinski definition) is 6. The largest absolute Gasteiger partial charge is 0.497 e. The summed E-state index contributed by atoms with van der Waals surface area (Å²) in [5.41, 5.74) is 10.0. The summed E-state index contributed by atoms with van der Waals surface area (Å²) in [6, 6.07) is 8.02. The number of nitrogens with two attached hydrogens (primary N) is 1. The molecule has 3 heterocycles. The van der Waals surface area contributed by atoms with Crippen molar-refractivity contribution in [2.75, 3.05) is 43.9 Å². The topological polar surface area (TPSA) is 71.7 Å². The van der Waals surface area contributed by atoms with Crippen molar-refractivity contribution < 1.29 is 9.53 Å². The van der Waals surface area contributed by atoms with Crippen molar-refractivity contribution in [3.63, 3.8) is 0 Å². The van der Waals surface area contributed by atoms with Crippen LogP contribution in [0.25, 0.3) is 10.2 Å². The highest BCUT2D eigenvalue weighted by molar-refractivity contribution is 9.10. The molecule has 2 N–H and O–H groups in total. The van der Waals surface area contributed by atoms with Crippen LogP contribution in [0.5, 0.6) is 5.75 Å². The van der Waals surface area contributed by atoms with Crippen LogP contribution in [0.4, 0.5) is 11.4 Å². The van der Waals surface area contributed by atoms with Crippen molar-refractivity contribution in [1.82, 2.24) is 9.88 Å². The lowest BCUT2D eigenvalue weighted by Gasteiger charge is -2.36. The highest BCUT2D eigenvalue weighted by Crippen LogP contribution is 2.39. The normalized spacial score (nSPS) is 14.5. The number of methoxy groups -OCH3 is 1. The molecular formula is C21H23BrN4O2S. The lowest BCUT2D eigenvalue weighted by molar-refractivity contribution is 0.0752. The van der Waals surface area contributed by atoms with Crippen LogP contribution in [-0.2, 0) is 0 Å². The van der Waals surface area contributed by atoms with Crippen molar-refractivity contribution in [3.8, 4) is 5.75 Å². The van der Waals surface area contributed by atoms with Crippen LogP contribution in [0.15, 0.2) is 28.7 Å². The molecule has 2 aromatic heterocycles. The molecule has 152 valence electrons. The maximum atomic E-state index is 13.2. The van der Waals surface area contributed by atoms with E-state index in [1.807, 2.05) is 30.9 Å². The third-order valence-corrected chi connectivity index (χ3v) is 7.67. The van der Waals surface area contributed by atoms with E-state index in [1.165, 1.54) is 11.3 Å². The number of pyridine rings is 1. The Labute approximate surface area is 182 Å². The summed E-state index contributed by atoms with van der Waals surface area (Å²) in [4.78, 5) is 23.4. The molecule has 1 aromatic carbocycles. The molecule has 8 heteroatoms. The second-order valence-electron chi connectivity index (χ2n) is 7.14. The Kier molecular flexibility index (Phi) is 5.40. The second-order valence-corrected chi connectivity index (χ2v) is 8.93. The summed E-state index contributed by atoms with van der Waals surface area (Å²) >= 11 is 4.96. The van der Waals surface area contributed by atoms with Gasteiger partial charge in [0.2, 0.25) is 0 Å². The van der Waals surface area contributed by atoms with Gasteiger partial charge in [-0.15, -0.1) is 11.3 Å². The summed E-state index contributed by atoms with van der Waals surface area (Å²) in [5.74, 6) is 0.835. The van der Waals surface area contributed by atoms with E-state index in [0.29, 0.717) is 23.7 Å². The SMILES string of the molecule is COc1ccc(N2CCN(C(=O)c3sc4nc(C)c(Br)c(C)c4c3N)CC2)cc1. The van der Waals surface area contributed by atoms with Crippen molar-refractivity contribution in [3.05, 3.63) is 44.9 Å². The Bertz CT molecular complexity index is 1070. The van der Waals surface area contributed by atoms with E-state index in [0.717, 1.165) is 50.5 Å². The van der Waals surface area contributed by atoms with Gasteiger partial charge in [-0.3, -0.25) is 4.79 Å². The van der Waals surface area contributed by atoms with E-state index in [-0.39, 0.29) is 5.91 Å². The molecule has 0 spiro atoms. The van der Waals surface area contributed by atoms with E-state index in [4.69, 9.17) is 10.5 Å². The Hall–Kier alpha value is -2.32. The number of benzene rings is 1. The first-order chi connectivity index (χ1) is 13.9. The number of fused-ring (bicyclic) bond motifs is 1. The number of carbonyl (C=O) groups is 1. The van der Waals surface area contributed by atoms with E-state index in [9.17, 15) is 4.79 Å². The number of nitrogens with zero attached hydrogens (tertiary/aromatic N) is 3. The van der Waals surface area contributed by atoms with E-state index in [2.05, 4.69) is 37.9 Å². The van der Waals surface area contributed by atoms with Gasteiger partial charge in [0, 0.05) is 41.7 Å². The number of aromatic nitrogens is 1. The van der Waals surface area contributed by atoms with Gasteiger partial charge in [-0.25, -0.2) is 4.98 Å². The van der Waals surface area contributed by atoms with Gasteiger partial charge in [0.15, 0.2) is 0 Å². The predicted octanol–water partition coefficient (Wildman–Crippen LogP) is 4.23. The van der Waals surface area contributed by atoms with Crippen LogP contribution in [0.1, 0.15) is 20.9 Å². The van der Waals surface area contributed by atoms with Crippen molar-refractivity contribution >= 4 is 54.8 Å². The molecule has 0 bridgehead atoms. The van der Waals surface area contributed by atoms with E-state index in [1.54, 1.807) is 7.11 Å². The van der Waals surface area contributed by atoms with Gasteiger partial charge in [-0.2, -0.15) is 0 Å².